The Morgan fingerprint density at radius 2 is 2.38 bits per heavy atom. The van der Waals surface area contributed by atoms with Crippen LogP contribution in [0.4, 0.5) is 0 Å². The highest BCUT2D eigenvalue weighted by Crippen LogP contribution is 2.34. The van der Waals surface area contributed by atoms with Crippen LogP contribution in [0.2, 0.25) is 0 Å². The van der Waals surface area contributed by atoms with Crippen molar-refractivity contribution < 1.29 is 13.2 Å². The van der Waals surface area contributed by atoms with Gasteiger partial charge in [0.25, 0.3) is 0 Å². The fourth-order valence-electron chi connectivity index (χ4n) is 1.72. The molecule has 0 bridgehead atoms. The maximum Gasteiger partial charge on any atom is 0.243 e. The van der Waals surface area contributed by atoms with Gasteiger partial charge in [0, 0.05) is 19.9 Å². The van der Waals surface area contributed by atoms with E-state index in [-0.39, 0.29) is 10.5 Å². The van der Waals surface area contributed by atoms with Crippen LogP contribution in [0.25, 0.3) is 0 Å². The molecule has 0 atom stereocenters. The van der Waals surface area contributed by atoms with Gasteiger partial charge in [-0.1, -0.05) is 0 Å². The molecule has 0 amide bonds. The molecule has 16 heavy (non-hydrogen) atoms. The van der Waals surface area contributed by atoms with Crippen LogP contribution < -0.4 is 4.72 Å². The van der Waals surface area contributed by atoms with Gasteiger partial charge in [0.15, 0.2) is 0 Å². The van der Waals surface area contributed by atoms with E-state index in [9.17, 15) is 8.42 Å². The molecule has 90 valence electrons. The van der Waals surface area contributed by atoms with E-state index in [4.69, 9.17) is 4.74 Å². The summed E-state index contributed by atoms with van der Waals surface area (Å²) in [5.41, 5.74) is -0.309. The Bertz CT molecular complexity index is 431. The highest BCUT2D eigenvalue weighted by molar-refractivity contribution is 7.89. The van der Waals surface area contributed by atoms with Crippen LogP contribution in [0.3, 0.4) is 0 Å². The van der Waals surface area contributed by atoms with Crippen molar-refractivity contribution in [2.75, 3.05) is 13.7 Å². The first-order valence-electron chi connectivity index (χ1n) is 5.12. The van der Waals surface area contributed by atoms with Gasteiger partial charge in [0.2, 0.25) is 10.0 Å². The fourth-order valence-corrected chi connectivity index (χ4v) is 2.74. The molecule has 1 aromatic heterocycles. The summed E-state index contributed by atoms with van der Waals surface area (Å²) in [4.78, 5) is 0.151. The average molecular weight is 245 g/mol. The van der Waals surface area contributed by atoms with Crippen molar-refractivity contribution in [3.8, 4) is 0 Å². The molecule has 1 fully saturated rings. The Morgan fingerprint density at radius 1 is 1.62 bits per heavy atom. The molecule has 1 aliphatic carbocycles. The number of nitrogens with one attached hydrogen (secondary N) is 2. The van der Waals surface area contributed by atoms with Crippen LogP contribution in [0.5, 0.6) is 0 Å². The predicted molar refractivity (Wildman–Crippen MR) is 57.4 cm³/mol. The number of aromatic nitrogens is 2. The number of hydrogen-bond donors (Lipinski definition) is 2. The summed E-state index contributed by atoms with van der Waals surface area (Å²) >= 11 is 0. The lowest BCUT2D eigenvalue weighted by atomic mass is 9.80. The van der Waals surface area contributed by atoms with Crippen LogP contribution >= 0.6 is 0 Å². The maximum absolute atomic E-state index is 11.8. The van der Waals surface area contributed by atoms with E-state index in [1.54, 1.807) is 7.11 Å². The lowest BCUT2D eigenvalue weighted by Crippen LogP contribution is -2.49. The van der Waals surface area contributed by atoms with Gasteiger partial charge in [-0.05, 0) is 19.3 Å². The van der Waals surface area contributed by atoms with Crippen molar-refractivity contribution in [3.05, 3.63) is 12.4 Å². The van der Waals surface area contributed by atoms with E-state index in [2.05, 4.69) is 14.9 Å². The Morgan fingerprint density at radius 3 is 2.81 bits per heavy atom. The molecule has 0 radical (unpaired) electrons. The maximum atomic E-state index is 11.8. The molecule has 0 saturated heterocycles. The summed E-state index contributed by atoms with van der Waals surface area (Å²) in [5.74, 6) is 0. The van der Waals surface area contributed by atoms with E-state index in [1.807, 2.05) is 0 Å². The van der Waals surface area contributed by atoms with E-state index < -0.39 is 10.0 Å². The highest BCUT2D eigenvalue weighted by Gasteiger charge is 2.38. The largest absolute Gasteiger partial charge is 0.377 e. The second kappa shape index (κ2) is 4.15. The van der Waals surface area contributed by atoms with E-state index in [1.165, 1.54) is 12.4 Å². The van der Waals surface area contributed by atoms with Crippen LogP contribution in [-0.2, 0) is 14.8 Å². The van der Waals surface area contributed by atoms with Gasteiger partial charge >= 0.3 is 0 Å². The van der Waals surface area contributed by atoms with Crippen LogP contribution in [0, 0.1) is 0 Å². The average Bonchev–Trinajstić information content (AvgIpc) is 2.70. The predicted octanol–water partition coefficient (Wildman–Crippen LogP) is 0.257. The van der Waals surface area contributed by atoms with Crippen molar-refractivity contribution in [1.82, 2.24) is 14.9 Å². The van der Waals surface area contributed by atoms with Gasteiger partial charge < -0.3 is 4.74 Å². The molecular weight excluding hydrogens is 230 g/mol. The van der Waals surface area contributed by atoms with E-state index in [0.29, 0.717) is 6.54 Å². The normalized spacial score (nSPS) is 19.3. The van der Waals surface area contributed by atoms with Crippen molar-refractivity contribution in [2.45, 2.75) is 29.8 Å². The summed E-state index contributed by atoms with van der Waals surface area (Å²) in [6.07, 6.45) is 5.52. The van der Waals surface area contributed by atoms with Crippen LogP contribution in [-0.4, -0.2) is 37.9 Å². The molecule has 0 spiro atoms. The summed E-state index contributed by atoms with van der Waals surface area (Å²) in [6.45, 7) is 0.316. The smallest absolute Gasteiger partial charge is 0.243 e. The minimum absolute atomic E-state index is 0.151. The van der Waals surface area contributed by atoms with Crippen LogP contribution in [0.15, 0.2) is 17.3 Å². The monoisotopic (exact) mass is 245 g/mol. The third-order valence-electron chi connectivity index (χ3n) is 3.07. The minimum Gasteiger partial charge on any atom is -0.377 e. The molecule has 1 saturated carbocycles. The highest BCUT2D eigenvalue weighted by atomic mass is 32.2. The van der Waals surface area contributed by atoms with Gasteiger partial charge in [-0.15, -0.1) is 0 Å². The number of rotatable bonds is 5. The van der Waals surface area contributed by atoms with Gasteiger partial charge in [-0.3, -0.25) is 5.10 Å². The second-order valence-electron chi connectivity index (χ2n) is 4.00. The quantitative estimate of drug-likeness (QED) is 0.779. The lowest BCUT2D eigenvalue weighted by Gasteiger charge is -2.40. The molecule has 7 heteroatoms. The van der Waals surface area contributed by atoms with Gasteiger partial charge in [-0.25, -0.2) is 13.1 Å². The number of aromatic amines is 1. The van der Waals surface area contributed by atoms with Crippen molar-refractivity contribution >= 4 is 10.0 Å². The number of H-pyrrole nitrogens is 1. The number of nitrogens with zero attached hydrogens (tertiary/aromatic N) is 1. The minimum atomic E-state index is -3.46. The van der Waals surface area contributed by atoms with Crippen molar-refractivity contribution in [1.29, 1.82) is 0 Å². The Kier molecular flexibility index (Phi) is 3.00. The van der Waals surface area contributed by atoms with Gasteiger partial charge in [-0.2, -0.15) is 5.10 Å². The molecule has 0 aromatic carbocycles. The Labute approximate surface area is 94.4 Å². The first-order chi connectivity index (χ1) is 7.58. The van der Waals surface area contributed by atoms with E-state index in [0.717, 1.165) is 19.3 Å². The summed E-state index contributed by atoms with van der Waals surface area (Å²) in [7, 11) is -1.84. The zero-order valence-electron chi connectivity index (χ0n) is 9.06. The topological polar surface area (TPSA) is 84.1 Å². The van der Waals surface area contributed by atoms with Gasteiger partial charge in [0.05, 0.1) is 11.8 Å². The summed E-state index contributed by atoms with van der Waals surface area (Å²) in [5, 5.41) is 6.09. The SMILES string of the molecule is COC1(CNS(=O)(=O)c2cn[nH]c2)CCC1. The molecular formula is C9H15N3O3S. The number of sulfonamides is 1. The third kappa shape index (κ3) is 2.11. The fraction of sp³-hybridized carbons (Fsp3) is 0.667. The Hall–Kier alpha value is -0.920. The number of ether oxygens (including phenoxy) is 1. The van der Waals surface area contributed by atoms with E-state index >= 15 is 0 Å². The molecule has 1 aromatic rings. The second-order valence-corrected chi connectivity index (χ2v) is 5.77. The van der Waals surface area contributed by atoms with Crippen molar-refractivity contribution in [2.24, 2.45) is 0 Å². The zero-order valence-corrected chi connectivity index (χ0v) is 9.88. The molecule has 2 rings (SSSR count). The Balaban J connectivity index is 2.00. The third-order valence-corrected chi connectivity index (χ3v) is 4.43. The lowest BCUT2D eigenvalue weighted by molar-refractivity contribution is -0.0659. The molecule has 1 heterocycles. The van der Waals surface area contributed by atoms with Crippen LogP contribution in [0.1, 0.15) is 19.3 Å². The first-order valence-corrected chi connectivity index (χ1v) is 6.60. The molecule has 6 nitrogen and oxygen atoms in total. The number of hydrogen-bond acceptors (Lipinski definition) is 4. The molecule has 2 N–H and O–H groups in total. The van der Waals surface area contributed by atoms with Crippen molar-refractivity contribution in [3.63, 3.8) is 0 Å². The zero-order chi connectivity index (χ0) is 11.6. The molecule has 0 unspecified atom stereocenters. The first kappa shape index (κ1) is 11.6. The molecule has 0 aliphatic heterocycles. The standard InChI is InChI=1S/C9H15N3O3S/c1-15-9(3-2-4-9)7-12-16(13,14)8-5-10-11-6-8/h5-6,12H,2-4,7H2,1H3,(H,10,11). The summed E-state index contributed by atoms with van der Waals surface area (Å²) in [6, 6.07) is 0. The summed E-state index contributed by atoms with van der Waals surface area (Å²) < 4.78 is 31.4. The number of methoxy groups -OCH3 is 1. The molecule has 1 aliphatic rings. The van der Waals surface area contributed by atoms with Gasteiger partial charge in [0.1, 0.15) is 4.90 Å².